The van der Waals surface area contributed by atoms with Crippen LogP contribution in [-0.4, -0.2) is 16.5 Å². The topological polar surface area (TPSA) is 51.8 Å². The Hall–Kier alpha value is -1.46. The van der Waals surface area contributed by atoms with Crippen LogP contribution in [0.4, 0.5) is 4.39 Å². The molecule has 0 aliphatic heterocycles. The molecule has 2 aromatic rings. The van der Waals surface area contributed by atoms with Crippen molar-refractivity contribution in [2.75, 3.05) is 6.54 Å². The monoisotopic (exact) mass is 263 g/mol. The van der Waals surface area contributed by atoms with Gasteiger partial charge in [0, 0.05) is 12.4 Å². The Labute approximate surface area is 110 Å². The van der Waals surface area contributed by atoms with Crippen LogP contribution >= 0.6 is 11.8 Å². The zero-order valence-electron chi connectivity index (χ0n) is 10.1. The highest BCUT2D eigenvalue weighted by atomic mass is 32.2. The molecule has 0 aliphatic rings. The van der Waals surface area contributed by atoms with Crippen LogP contribution < -0.4 is 5.73 Å². The average Bonchev–Trinajstić information content (AvgIpc) is 2.36. The molecule has 0 saturated carbocycles. The van der Waals surface area contributed by atoms with Gasteiger partial charge in [-0.15, -0.1) is 0 Å². The van der Waals surface area contributed by atoms with E-state index in [-0.39, 0.29) is 5.82 Å². The average molecular weight is 263 g/mol. The molecule has 2 N–H and O–H groups in total. The number of nitrogens with two attached hydrogens (primary N) is 1. The lowest BCUT2D eigenvalue weighted by Crippen LogP contribution is -2.03. The highest BCUT2D eigenvalue weighted by Gasteiger charge is 2.07. The second-order valence-corrected chi connectivity index (χ2v) is 4.96. The molecule has 5 heteroatoms. The van der Waals surface area contributed by atoms with Gasteiger partial charge in [0.05, 0.1) is 4.90 Å². The Kier molecular flexibility index (Phi) is 4.28. The number of halogens is 1. The first-order valence-corrected chi connectivity index (χ1v) is 6.45. The van der Waals surface area contributed by atoms with Crippen LogP contribution in [-0.2, 0) is 6.42 Å². The summed E-state index contributed by atoms with van der Waals surface area (Å²) in [6.45, 7) is 2.43. The summed E-state index contributed by atoms with van der Waals surface area (Å²) in [7, 11) is 0. The number of aryl methyl sites for hydroxylation is 1. The number of aromatic nitrogens is 2. The molecule has 0 amide bonds. The minimum absolute atomic E-state index is 0.255. The van der Waals surface area contributed by atoms with Gasteiger partial charge in [0.25, 0.3) is 0 Å². The Bertz CT molecular complexity index is 528. The molecule has 0 fully saturated rings. The third kappa shape index (κ3) is 3.27. The highest BCUT2D eigenvalue weighted by Crippen LogP contribution is 2.27. The van der Waals surface area contributed by atoms with E-state index in [0.29, 0.717) is 23.0 Å². The van der Waals surface area contributed by atoms with Crippen molar-refractivity contribution >= 4 is 11.8 Å². The molecule has 0 atom stereocenters. The van der Waals surface area contributed by atoms with Crippen LogP contribution in [0.2, 0.25) is 0 Å². The van der Waals surface area contributed by atoms with Crippen LogP contribution in [0.5, 0.6) is 0 Å². The first-order chi connectivity index (χ1) is 8.69. The highest BCUT2D eigenvalue weighted by molar-refractivity contribution is 7.99. The SMILES string of the molecule is Cc1cnc(Sc2ccc(CCN)cc2F)nc1. The van der Waals surface area contributed by atoms with Gasteiger partial charge in [-0.25, -0.2) is 14.4 Å². The molecule has 0 unspecified atom stereocenters. The molecular formula is C13H14FN3S. The third-order valence-electron chi connectivity index (χ3n) is 2.39. The molecule has 94 valence electrons. The summed E-state index contributed by atoms with van der Waals surface area (Å²) in [6.07, 6.45) is 4.12. The van der Waals surface area contributed by atoms with Crippen LogP contribution in [0, 0.1) is 12.7 Å². The van der Waals surface area contributed by atoms with Crippen molar-refractivity contribution in [3.8, 4) is 0 Å². The maximum Gasteiger partial charge on any atom is 0.192 e. The molecule has 0 saturated heterocycles. The van der Waals surface area contributed by atoms with Gasteiger partial charge < -0.3 is 5.73 Å². The Morgan fingerprint density at radius 3 is 2.61 bits per heavy atom. The zero-order chi connectivity index (χ0) is 13.0. The lowest BCUT2D eigenvalue weighted by Gasteiger charge is -2.04. The number of hydrogen-bond acceptors (Lipinski definition) is 4. The van der Waals surface area contributed by atoms with Gasteiger partial charge in [0.15, 0.2) is 5.16 Å². The van der Waals surface area contributed by atoms with Crippen LogP contribution in [0.1, 0.15) is 11.1 Å². The van der Waals surface area contributed by atoms with Crippen molar-refractivity contribution in [1.29, 1.82) is 0 Å². The van der Waals surface area contributed by atoms with Gasteiger partial charge in [-0.1, -0.05) is 6.07 Å². The first kappa shape index (κ1) is 13.0. The third-order valence-corrected chi connectivity index (χ3v) is 3.33. The van der Waals surface area contributed by atoms with E-state index in [4.69, 9.17) is 5.73 Å². The fraction of sp³-hybridized carbons (Fsp3) is 0.231. The molecule has 1 heterocycles. The fourth-order valence-corrected chi connectivity index (χ4v) is 2.18. The number of nitrogens with zero attached hydrogens (tertiary/aromatic N) is 2. The number of rotatable bonds is 4. The van der Waals surface area contributed by atoms with Crippen LogP contribution in [0.15, 0.2) is 40.6 Å². The van der Waals surface area contributed by atoms with E-state index in [1.54, 1.807) is 18.5 Å². The quantitative estimate of drug-likeness (QED) is 0.861. The van der Waals surface area contributed by atoms with Crippen LogP contribution in [0.25, 0.3) is 0 Å². The van der Waals surface area contributed by atoms with Gasteiger partial charge in [0.1, 0.15) is 5.82 Å². The molecule has 0 bridgehead atoms. The van der Waals surface area contributed by atoms with Gasteiger partial charge in [-0.3, -0.25) is 0 Å². The Balaban J connectivity index is 2.16. The second-order valence-electron chi connectivity index (χ2n) is 3.95. The summed E-state index contributed by atoms with van der Waals surface area (Å²) >= 11 is 1.22. The summed E-state index contributed by atoms with van der Waals surface area (Å²) in [5, 5.41) is 0.547. The van der Waals surface area contributed by atoms with Crippen molar-refractivity contribution in [3.63, 3.8) is 0 Å². The van der Waals surface area contributed by atoms with Gasteiger partial charge >= 0.3 is 0 Å². The number of hydrogen-bond donors (Lipinski definition) is 1. The van der Waals surface area contributed by atoms with E-state index in [2.05, 4.69) is 9.97 Å². The molecule has 0 spiro atoms. The Morgan fingerprint density at radius 1 is 1.28 bits per heavy atom. The van der Waals surface area contributed by atoms with Crippen molar-refractivity contribution in [2.45, 2.75) is 23.4 Å². The van der Waals surface area contributed by atoms with Gasteiger partial charge in [-0.05, 0) is 54.9 Å². The molecular weight excluding hydrogens is 249 g/mol. The van der Waals surface area contributed by atoms with Gasteiger partial charge in [-0.2, -0.15) is 0 Å². The smallest absolute Gasteiger partial charge is 0.192 e. The van der Waals surface area contributed by atoms with E-state index in [1.165, 1.54) is 17.8 Å². The second kappa shape index (κ2) is 5.93. The summed E-state index contributed by atoms with van der Waals surface area (Å²) < 4.78 is 13.8. The summed E-state index contributed by atoms with van der Waals surface area (Å²) in [5.41, 5.74) is 7.33. The van der Waals surface area contributed by atoms with E-state index >= 15 is 0 Å². The van der Waals surface area contributed by atoms with Crippen molar-refractivity contribution in [1.82, 2.24) is 9.97 Å². The van der Waals surface area contributed by atoms with Gasteiger partial charge in [0.2, 0.25) is 0 Å². The maximum absolute atomic E-state index is 13.8. The van der Waals surface area contributed by atoms with E-state index in [1.807, 2.05) is 13.0 Å². The summed E-state index contributed by atoms with van der Waals surface area (Å²) in [6, 6.07) is 5.14. The predicted molar refractivity (Wildman–Crippen MR) is 70.1 cm³/mol. The zero-order valence-corrected chi connectivity index (χ0v) is 10.9. The standard InChI is InChI=1S/C13H14FN3S/c1-9-7-16-13(17-8-9)18-12-3-2-10(4-5-15)6-11(12)14/h2-3,6-8H,4-5,15H2,1H3. The fourth-order valence-electron chi connectivity index (χ4n) is 1.48. The Morgan fingerprint density at radius 2 is 2.00 bits per heavy atom. The predicted octanol–water partition coefficient (Wildman–Crippen LogP) is 2.58. The molecule has 1 aromatic heterocycles. The molecule has 2 rings (SSSR count). The maximum atomic E-state index is 13.8. The lowest BCUT2D eigenvalue weighted by molar-refractivity contribution is 0.599. The molecule has 0 aliphatic carbocycles. The van der Waals surface area contributed by atoms with Crippen LogP contribution in [0.3, 0.4) is 0 Å². The molecule has 3 nitrogen and oxygen atoms in total. The minimum atomic E-state index is -0.255. The molecule has 0 radical (unpaired) electrons. The number of benzene rings is 1. The van der Waals surface area contributed by atoms with Crippen molar-refractivity contribution < 1.29 is 4.39 Å². The largest absolute Gasteiger partial charge is 0.330 e. The van der Waals surface area contributed by atoms with Crippen molar-refractivity contribution in [2.24, 2.45) is 5.73 Å². The minimum Gasteiger partial charge on any atom is -0.330 e. The first-order valence-electron chi connectivity index (χ1n) is 5.64. The molecule has 1 aromatic carbocycles. The molecule has 18 heavy (non-hydrogen) atoms. The van der Waals surface area contributed by atoms with E-state index < -0.39 is 0 Å². The lowest BCUT2D eigenvalue weighted by atomic mass is 10.1. The normalized spacial score (nSPS) is 10.6. The van der Waals surface area contributed by atoms with E-state index in [0.717, 1.165) is 11.1 Å². The van der Waals surface area contributed by atoms with E-state index in [9.17, 15) is 4.39 Å². The summed E-state index contributed by atoms with van der Waals surface area (Å²) in [4.78, 5) is 8.80. The van der Waals surface area contributed by atoms with Crippen molar-refractivity contribution in [3.05, 3.63) is 47.5 Å². The summed E-state index contributed by atoms with van der Waals surface area (Å²) in [5.74, 6) is -0.255.